The van der Waals surface area contributed by atoms with Crippen molar-refractivity contribution in [2.45, 2.75) is 18.4 Å². The van der Waals surface area contributed by atoms with Crippen LogP contribution in [0.15, 0.2) is 30.3 Å². The van der Waals surface area contributed by atoms with Gasteiger partial charge in [0.25, 0.3) is 0 Å². The Morgan fingerprint density at radius 3 is 1.65 bits per heavy atom. The van der Waals surface area contributed by atoms with E-state index in [1.54, 1.807) is 0 Å². The molecule has 0 heterocycles. The maximum atomic E-state index is 11.2. The molecule has 1 aromatic rings. The minimum Gasteiger partial charge on any atom is -0.469 e. The summed E-state index contributed by atoms with van der Waals surface area (Å²) >= 11 is 0. The second-order valence-electron chi connectivity index (χ2n) is 4.44. The Morgan fingerprint density at radius 1 is 0.957 bits per heavy atom. The SMILES string of the molecule is COC(=O)CC(O)(CC(=O)OC)C(=O)OC.Nc1ccccc1. The van der Waals surface area contributed by atoms with Crippen LogP contribution in [0.4, 0.5) is 5.69 Å². The fourth-order valence-electron chi connectivity index (χ4n) is 1.47. The van der Waals surface area contributed by atoms with Crippen molar-refractivity contribution in [2.75, 3.05) is 27.1 Å². The van der Waals surface area contributed by atoms with Crippen LogP contribution >= 0.6 is 0 Å². The smallest absolute Gasteiger partial charge is 0.339 e. The van der Waals surface area contributed by atoms with E-state index in [4.69, 9.17) is 5.73 Å². The molecule has 3 N–H and O–H groups in total. The number of aliphatic hydroxyl groups is 1. The number of benzene rings is 1. The third kappa shape index (κ3) is 7.82. The van der Waals surface area contributed by atoms with Crippen molar-refractivity contribution in [1.29, 1.82) is 0 Å². The van der Waals surface area contributed by atoms with Crippen molar-refractivity contribution in [1.82, 2.24) is 0 Å². The molecule has 0 radical (unpaired) electrons. The summed E-state index contributed by atoms with van der Waals surface area (Å²) in [6, 6.07) is 9.49. The van der Waals surface area contributed by atoms with Crippen LogP contribution in [-0.4, -0.2) is 49.9 Å². The number of nitrogen functional groups attached to an aromatic ring is 1. The predicted molar refractivity (Wildman–Crippen MR) is 81.1 cm³/mol. The normalized spacial score (nSPS) is 9.91. The van der Waals surface area contributed by atoms with E-state index >= 15 is 0 Å². The lowest BCUT2D eigenvalue weighted by molar-refractivity contribution is -0.174. The third-order valence-corrected chi connectivity index (χ3v) is 2.69. The third-order valence-electron chi connectivity index (χ3n) is 2.69. The van der Waals surface area contributed by atoms with Crippen molar-refractivity contribution in [3.8, 4) is 0 Å². The summed E-state index contributed by atoms with van der Waals surface area (Å²) in [6.45, 7) is 0. The summed E-state index contributed by atoms with van der Waals surface area (Å²) in [7, 11) is 3.22. The maximum absolute atomic E-state index is 11.2. The first-order chi connectivity index (χ1) is 10.8. The van der Waals surface area contributed by atoms with Gasteiger partial charge in [-0.25, -0.2) is 4.79 Å². The molecule has 8 nitrogen and oxygen atoms in total. The molecule has 0 saturated carbocycles. The van der Waals surface area contributed by atoms with Gasteiger partial charge in [0.15, 0.2) is 5.60 Å². The Bertz CT molecular complexity index is 498. The van der Waals surface area contributed by atoms with E-state index in [1.165, 1.54) is 0 Å². The predicted octanol–water partition coefficient (Wildman–Crippen LogP) is 0.286. The highest BCUT2D eigenvalue weighted by molar-refractivity contribution is 5.89. The van der Waals surface area contributed by atoms with Crippen LogP contribution in [-0.2, 0) is 28.6 Å². The minimum atomic E-state index is -2.26. The van der Waals surface area contributed by atoms with Crippen molar-refractivity contribution in [3.05, 3.63) is 30.3 Å². The van der Waals surface area contributed by atoms with E-state index in [-0.39, 0.29) is 0 Å². The van der Waals surface area contributed by atoms with Crippen LogP contribution in [0.2, 0.25) is 0 Å². The molecular weight excluding hydrogens is 306 g/mol. The summed E-state index contributed by atoms with van der Waals surface area (Å²) in [5.41, 5.74) is 3.92. The van der Waals surface area contributed by atoms with Crippen LogP contribution in [0, 0.1) is 0 Å². The maximum Gasteiger partial charge on any atom is 0.339 e. The molecule has 0 unspecified atom stereocenters. The molecule has 1 rings (SSSR count). The molecule has 1 aromatic carbocycles. The second kappa shape index (κ2) is 10.2. The van der Waals surface area contributed by atoms with Crippen molar-refractivity contribution in [2.24, 2.45) is 0 Å². The van der Waals surface area contributed by atoms with E-state index in [0.717, 1.165) is 27.0 Å². The zero-order valence-corrected chi connectivity index (χ0v) is 13.3. The van der Waals surface area contributed by atoms with Crippen LogP contribution in [0.1, 0.15) is 12.8 Å². The molecule has 0 atom stereocenters. The second-order valence-corrected chi connectivity index (χ2v) is 4.44. The van der Waals surface area contributed by atoms with Gasteiger partial charge < -0.3 is 25.1 Å². The Hall–Kier alpha value is -2.61. The van der Waals surface area contributed by atoms with Crippen LogP contribution in [0.5, 0.6) is 0 Å². The highest BCUT2D eigenvalue weighted by Crippen LogP contribution is 2.18. The van der Waals surface area contributed by atoms with Gasteiger partial charge in [-0.15, -0.1) is 0 Å². The lowest BCUT2D eigenvalue weighted by Gasteiger charge is -2.22. The van der Waals surface area contributed by atoms with Crippen LogP contribution in [0.3, 0.4) is 0 Å². The number of esters is 3. The number of anilines is 1. The van der Waals surface area contributed by atoms with Gasteiger partial charge in [-0.1, -0.05) is 18.2 Å². The number of methoxy groups -OCH3 is 3. The molecule has 0 saturated heterocycles. The van der Waals surface area contributed by atoms with Crippen molar-refractivity contribution < 1.29 is 33.7 Å². The Balaban J connectivity index is 0.000000568. The molecule has 0 bridgehead atoms. The number of carbonyl (C=O) groups excluding carboxylic acids is 3. The van der Waals surface area contributed by atoms with Gasteiger partial charge >= 0.3 is 17.9 Å². The molecule has 0 aliphatic carbocycles. The van der Waals surface area contributed by atoms with Crippen LogP contribution in [0.25, 0.3) is 0 Å². The van der Waals surface area contributed by atoms with Gasteiger partial charge in [-0.05, 0) is 12.1 Å². The molecule has 128 valence electrons. The summed E-state index contributed by atoms with van der Waals surface area (Å²) in [6.07, 6.45) is -1.35. The van der Waals surface area contributed by atoms with E-state index in [9.17, 15) is 19.5 Å². The summed E-state index contributed by atoms with van der Waals surface area (Å²) in [5.74, 6) is -2.77. The molecule has 0 aliphatic heterocycles. The fraction of sp³-hybridized carbons (Fsp3) is 0.400. The first-order valence-electron chi connectivity index (χ1n) is 6.54. The number of carbonyl (C=O) groups is 3. The van der Waals surface area contributed by atoms with Gasteiger partial charge in [0.1, 0.15) is 0 Å². The molecule has 0 aliphatic rings. The number of hydrogen-bond acceptors (Lipinski definition) is 8. The van der Waals surface area contributed by atoms with E-state index < -0.39 is 36.4 Å². The van der Waals surface area contributed by atoms with Crippen molar-refractivity contribution >= 4 is 23.6 Å². The monoisotopic (exact) mass is 327 g/mol. The number of para-hydroxylation sites is 1. The van der Waals surface area contributed by atoms with E-state index in [0.29, 0.717) is 0 Å². The highest BCUT2D eigenvalue weighted by atomic mass is 16.6. The topological polar surface area (TPSA) is 125 Å². The van der Waals surface area contributed by atoms with Gasteiger partial charge in [-0.3, -0.25) is 9.59 Å². The molecular formula is C15H21NO7. The number of hydrogen-bond donors (Lipinski definition) is 2. The zero-order valence-electron chi connectivity index (χ0n) is 13.3. The van der Waals surface area contributed by atoms with Crippen molar-refractivity contribution in [3.63, 3.8) is 0 Å². The highest BCUT2D eigenvalue weighted by Gasteiger charge is 2.42. The average Bonchev–Trinajstić information content (AvgIpc) is 2.54. The molecule has 23 heavy (non-hydrogen) atoms. The quantitative estimate of drug-likeness (QED) is 0.449. The first-order valence-corrected chi connectivity index (χ1v) is 6.54. The largest absolute Gasteiger partial charge is 0.469 e. The molecule has 8 heteroatoms. The zero-order chi connectivity index (χ0) is 17.9. The van der Waals surface area contributed by atoms with Gasteiger partial charge in [-0.2, -0.15) is 0 Å². The molecule has 0 aromatic heterocycles. The van der Waals surface area contributed by atoms with Gasteiger partial charge in [0.2, 0.25) is 0 Å². The lowest BCUT2D eigenvalue weighted by Crippen LogP contribution is -2.44. The Kier molecular flexibility index (Phi) is 9.02. The van der Waals surface area contributed by atoms with E-state index in [1.807, 2.05) is 30.3 Å². The van der Waals surface area contributed by atoms with Gasteiger partial charge in [0, 0.05) is 5.69 Å². The molecule has 0 spiro atoms. The fourth-order valence-corrected chi connectivity index (χ4v) is 1.47. The summed E-state index contributed by atoms with van der Waals surface area (Å²) < 4.78 is 12.9. The Labute approximate surface area is 134 Å². The average molecular weight is 327 g/mol. The number of ether oxygens (including phenoxy) is 3. The Morgan fingerprint density at radius 2 is 1.39 bits per heavy atom. The van der Waals surface area contributed by atoms with Gasteiger partial charge in [0.05, 0.1) is 34.2 Å². The van der Waals surface area contributed by atoms with Crippen LogP contribution < -0.4 is 5.73 Å². The summed E-state index contributed by atoms with van der Waals surface area (Å²) in [5, 5.41) is 9.81. The number of rotatable bonds is 5. The first kappa shape index (κ1) is 20.4. The molecule has 0 fully saturated rings. The molecule has 0 amide bonds. The summed E-state index contributed by atoms with van der Waals surface area (Å²) in [4.78, 5) is 33.2. The lowest BCUT2D eigenvalue weighted by atomic mass is 9.96. The minimum absolute atomic E-state index is 0.675. The standard InChI is InChI=1S/C9H14O7.C6H7N/c1-14-6(10)4-9(13,8(12)16-3)5-7(11)15-2;7-6-4-2-1-3-5-6/h13H,4-5H2,1-3H3;1-5H,7H2. The van der Waals surface area contributed by atoms with E-state index in [2.05, 4.69) is 14.2 Å². The number of nitrogens with two attached hydrogens (primary N) is 1.